The van der Waals surface area contributed by atoms with Crippen molar-refractivity contribution in [2.45, 2.75) is 43.9 Å². The largest absolute Gasteiger partial charge is 0.339 e. The fraction of sp³-hybridized carbons (Fsp3) is 0.867. The van der Waals surface area contributed by atoms with Crippen molar-refractivity contribution < 1.29 is 13.2 Å². The van der Waals surface area contributed by atoms with E-state index in [1.165, 1.54) is 11.8 Å². The van der Waals surface area contributed by atoms with E-state index < -0.39 is 9.84 Å². The summed E-state index contributed by atoms with van der Waals surface area (Å²) in [4.78, 5) is 16.6. The molecule has 3 rings (SSSR count). The van der Waals surface area contributed by atoms with Gasteiger partial charge in [-0.1, -0.05) is 11.8 Å². The van der Waals surface area contributed by atoms with Crippen LogP contribution in [0, 0.1) is 0 Å². The molecule has 1 atom stereocenters. The molecule has 1 amide bonds. The zero-order valence-electron chi connectivity index (χ0n) is 15.5. The van der Waals surface area contributed by atoms with E-state index in [0.717, 1.165) is 13.1 Å². The fourth-order valence-electron chi connectivity index (χ4n) is 3.31. The van der Waals surface area contributed by atoms with Crippen molar-refractivity contribution in [3.63, 3.8) is 0 Å². The van der Waals surface area contributed by atoms with Gasteiger partial charge in [0.1, 0.15) is 0 Å². The van der Waals surface area contributed by atoms with Gasteiger partial charge in [0.15, 0.2) is 9.84 Å². The molecule has 2 saturated heterocycles. The topological polar surface area (TPSA) is 101 Å². The first kappa shape index (κ1) is 19.6. The molecule has 0 aromatic carbocycles. The number of aromatic nitrogens is 4. The smallest absolute Gasteiger partial charge is 0.233 e. The number of carbonyl (C=O) groups is 1. The molecule has 0 N–H and O–H groups in total. The van der Waals surface area contributed by atoms with Crippen molar-refractivity contribution in [1.29, 1.82) is 0 Å². The lowest BCUT2D eigenvalue weighted by molar-refractivity contribution is -0.130. The lowest BCUT2D eigenvalue weighted by atomic mass is 10.1. The second-order valence-corrected chi connectivity index (χ2v) is 11.0. The zero-order valence-corrected chi connectivity index (χ0v) is 17.1. The molecule has 1 aromatic rings. The lowest BCUT2D eigenvalue weighted by Gasteiger charge is -2.37. The van der Waals surface area contributed by atoms with E-state index in [9.17, 15) is 13.2 Å². The van der Waals surface area contributed by atoms with Crippen molar-refractivity contribution in [2.75, 3.05) is 43.4 Å². The molecule has 9 nitrogen and oxygen atoms in total. The van der Waals surface area contributed by atoms with E-state index in [4.69, 9.17) is 0 Å². The normalized spacial score (nSPS) is 24.1. The van der Waals surface area contributed by atoms with Crippen LogP contribution in [-0.2, 0) is 20.2 Å². The number of thioether (sulfide) groups is 1. The van der Waals surface area contributed by atoms with Gasteiger partial charge in [-0.3, -0.25) is 9.69 Å². The molecule has 0 aliphatic carbocycles. The van der Waals surface area contributed by atoms with Gasteiger partial charge in [-0.05, 0) is 37.6 Å². The van der Waals surface area contributed by atoms with Crippen LogP contribution in [0.5, 0.6) is 0 Å². The maximum atomic E-state index is 12.5. The van der Waals surface area contributed by atoms with Gasteiger partial charge in [0, 0.05) is 32.2 Å². The molecule has 3 heterocycles. The van der Waals surface area contributed by atoms with Crippen LogP contribution in [-0.4, -0.2) is 93.8 Å². The summed E-state index contributed by atoms with van der Waals surface area (Å²) in [5, 5.41) is 12.4. The van der Waals surface area contributed by atoms with Crippen molar-refractivity contribution in [2.24, 2.45) is 0 Å². The van der Waals surface area contributed by atoms with E-state index in [0.29, 0.717) is 30.4 Å². The molecule has 2 fully saturated rings. The molecule has 0 radical (unpaired) electrons. The highest BCUT2D eigenvalue weighted by Gasteiger charge is 2.34. The fourth-order valence-corrected chi connectivity index (χ4v) is 6.03. The third kappa shape index (κ3) is 4.55. The van der Waals surface area contributed by atoms with Gasteiger partial charge >= 0.3 is 0 Å². The molecule has 2 aliphatic rings. The van der Waals surface area contributed by atoms with Crippen LogP contribution in [0.1, 0.15) is 27.2 Å². The van der Waals surface area contributed by atoms with Gasteiger partial charge in [0.25, 0.3) is 0 Å². The second kappa shape index (κ2) is 7.43. The van der Waals surface area contributed by atoms with Crippen LogP contribution < -0.4 is 0 Å². The van der Waals surface area contributed by atoms with Gasteiger partial charge in [-0.15, -0.1) is 5.10 Å². The Balaban J connectivity index is 1.48. The molecule has 1 aromatic heterocycles. The molecular weight excluding hydrogens is 376 g/mol. The Kier molecular flexibility index (Phi) is 5.59. The van der Waals surface area contributed by atoms with E-state index in [1.807, 2.05) is 25.7 Å². The molecule has 11 heteroatoms. The maximum Gasteiger partial charge on any atom is 0.233 e. The summed E-state index contributed by atoms with van der Waals surface area (Å²) in [5.41, 5.74) is -0.234. The highest BCUT2D eigenvalue weighted by Crippen LogP contribution is 2.23. The Hall–Kier alpha value is -1.20. The van der Waals surface area contributed by atoms with Crippen molar-refractivity contribution in [3.05, 3.63) is 0 Å². The Labute approximate surface area is 158 Å². The van der Waals surface area contributed by atoms with Crippen molar-refractivity contribution in [3.8, 4) is 0 Å². The molecule has 2 aliphatic heterocycles. The first-order chi connectivity index (χ1) is 12.2. The van der Waals surface area contributed by atoms with E-state index >= 15 is 0 Å². The first-order valence-corrected chi connectivity index (χ1v) is 11.6. The number of sulfone groups is 1. The number of piperazine rings is 1. The minimum absolute atomic E-state index is 0.0668. The van der Waals surface area contributed by atoms with Crippen LogP contribution in [0.4, 0.5) is 0 Å². The summed E-state index contributed by atoms with van der Waals surface area (Å²) in [6, 6.07) is 0.114. The SMILES string of the molecule is CC(C)(C)n1nnnc1SCC(=O)N1CCN(C2CCS(=O)(=O)C2)CC1. The van der Waals surface area contributed by atoms with Gasteiger partial charge in [0.05, 0.1) is 22.8 Å². The second-order valence-electron chi connectivity index (χ2n) is 7.81. The molecule has 0 saturated carbocycles. The van der Waals surface area contributed by atoms with Crippen LogP contribution in [0.2, 0.25) is 0 Å². The summed E-state index contributed by atoms with van der Waals surface area (Å²) in [6.45, 7) is 8.78. The minimum Gasteiger partial charge on any atom is -0.339 e. The molecule has 1 unspecified atom stereocenters. The number of hydrogen-bond acceptors (Lipinski definition) is 8. The lowest BCUT2D eigenvalue weighted by Crippen LogP contribution is -2.52. The predicted molar refractivity (Wildman–Crippen MR) is 98.7 cm³/mol. The van der Waals surface area contributed by atoms with Crippen molar-refractivity contribution in [1.82, 2.24) is 30.0 Å². The first-order valence-electron chi connectivity index (χ1n) is 8.80. The number of rotatable bonds is 4. The Morgan fingerprint density at radius 3 is 2.50 bits per heavy atom. The minimum atomic E-state index is -2.87. The Bertz CT molecular complexity index is 750. The number of carbonyl (C=O) groups excluding carboxylic acids is 1. The van der Waals surface area contributed by atoms with Crippen molar-refractivity contribution >= 4 is 27.5 Å². The zero-order chi connectivity index (χ0) is 18.9. The monoisotopic (exact) mass is 402 g/mol. The summed E-state index contributed by atoms with van der Waals surface area (Å²) < 4.78 is 25.0. The van der Waals surface area contributed by atoms with E-state index in [-0.39, 0.29) is 29.0 Å². The molecule has 146 valence electrons. The van der Waals surface area contributed by atoms with E-state index in [2.05, 4.69) is 20.4 Å². The molecule has 0 spiro atoms. The molecule has 26 heavy (non-hydrogen) atoms. The standard InChI is InChI=1S/C15H26N6O3S2/c1-15(2,3)21-14(16-17-18-21)25-10-13(22)20-7-5-19(6-8-20)12-4-9-26(23,24)11-12/h12H,4-11H2,1-3H3. The van der Waals surface area contributed by atoms with Gasteiger partial charge in [0.2, 0.25) is 11.1 Å². The number of tetrazole rings is 1. The summed E-state index contributed by atoms with van der Waals surface area (Å²) >= 11 is 1.35. The third-order valence-corrected chi connectivity index (χ3v) is 7.45. The van der Waals surface area contributed by atoms with Crippen LogP contribution in [0.15, 0.2) is 5.16 Å². The highest BCUT2D eigenvalue weighted by atomic mass is 32.2. The van der Waals surface area contributed by atoms with Crippen LogP contribution >= 0.6 is 11.8 Å². The predicted octanol–water partition coefficient (Wildman–Crippen LogP) is -0.148. The van der Waals surface area contributed by atoms with Gasteiger partial charge in [-0.25, -0.2) is 13.1 Å². The van der Waals surface area contributed by atoms with Gasteiger partial charge in [-0.2, -0.15) is 0 Å². The number of hydrogen-bond donors (Lipinski definition) is 0. The molecule has 0 bridgehead atoms. The highest BCUT2D eigenvalue weighted by molar-refractivity contribution is 7.99. The summed E-state index contributed by atoms with van der Waals surface area (Å²) in [6.07, 6.45) is 0.710. The molecular formula is C15H26N6O3S2. The Morgan fingerprint density at radius 2 is 1.92 bits per heavy atom. The third-order valence-electron chi connectivity index (χ3n) is 4.79. The number of amides is 1. The van der Waals surface area contributed by atoms with Crippen LogP contribution in [0.25, 0.3) is 0 Å². The maximum absolute atomic E-state index is 12.5. The van der Waals surface area contributed by atoms with Crippen LogP contribution in [0.3, 0.4) is 0 Å². The average molecular weight is 403 g/mol. The van der Waals surface area contributed by atoms with Gasteiger partial charge < -0.3 is 4.90 Å². The summed E-state index contributed by atoms with van der Waals surface area (Å²) in [5.74, 6) is 0.911. The van der Waals surface area contributed by atoms with E-state index in [1.54, 1.807) is 4.68 Å². The summed E-state index contributed by atoms with van der Waals surface area (Å²) in [7, 11) is -2.87. The average Bonchev–Trinajstić information content (AvgIpc) is 3.18. The quantitative estimate of drug-likeness (QED) is 0.641. The number of nitrogens with zero attached hydrogens (tertiary/aromatic N) is 6. The Morgan fingerprint density at radius 1 is 1.23 bits per heavy atom.